The first-order chi connectivity index (χ1) is 19.0. The number of alkyl halides is 25. The van der Waals surface area contributed by atoms with E-state index in [4.69, 9.17) is 0 Å². The van der Waals surface area contributed by atoms with Crippen LogP contribution in [0.4, 0.5) is 110 Å². The van der Waals surface area contributed by atoms with Crippen molar-refractivity contribution in [3.8, 4) is 0 Å². The highest BCUT2D eigenvalue weighted by Crippen LogP contribution is 2.67. The van der Waals surface area contributed by atoms with Crippen LogP contribution < -0.4 is 5.32 Å². The maximum absolute atomic E-state index is 13.8. The summed E-state index contributed by atoms with van der Waals surface area (Å²) in [5, 5.41) is 1.20. The van der Waals surface area contributed by atoms with Crippen LogP contribution in [0, 0.1) is 0 Å². The van der Waals surface area contributed by atoms with Gasteiger partial charge in [0, 0.05) is 6.54 Å². The molecule has 0 aromatic heterocycles. The van der Waals surface area contributed by atoms with Crippen LogP contribution in [0.3, 0.4) is 0 Å². The van der Waals surface area contributed by atoms with E-state index in [0.717, 1.165) is 0 Å². The third kappa shape index (κ3) is 6.04. The number of nitrogens with one attached hydrogen (secondary N) is 1. The average molecular weight is 735 g/mol. The highest BCUT2D eigenvalue weighted by atomic mass is 19.4. The lowest BCUT2D eigenvalue weighted by molar-refractivity contribution is -0.869. The van der Waals surface area contributed by atoms with E-state index in [1.807, 2.05) is 0 Å². The molecule has 0 bridgehead atoms. The van der Waals surface area contributed by atoms with Crippen molar-refractivity contribution >= 4 is 0 Å². The monoisotopic (exact) mass is 735 g/mol. The van der Waals surface area contributed by atoms with Crippen LogP contribution in [-0.2, 0) is 0 Å². The number of halogens is 25. The highest BCUT2D eigenvalue weighted by Gasteiger charge is 2.99. The molecule has 0 saturated carbocycles. The summed E-state index contributed by atoms with van der Waals surface area (Å²) in [7, 11) is 3.84. The fraction of sp³-hybridized carbons (Fsp3) is 1.00. The summed E-state index contributed by atoms with van der Waals surface area (Å²) >= 11 is 0. The third-order valence-electron chi connectivity index (χ3n) is 5.67. The number of nitrogens with zero attached hydrogens (tertiary/aromatic N) is 1. The average Bonchev–Trinajstić information content (AvgIpc) is 2.79. The van der Waals surface area contributed by atoms with Gasteiger partial charge in [-0.2, -0.15) is 110 Å². The number of likely N-dealkylation sites (N-methyl/N-ethyl adjacent to an activating group) is 1. The van der Waals surface area contributed by atoms with E-state index in [1.165, 1.54) is 26.5 Å². The predicted molar refractivity (Wildman–Crippen MR) is 96.2 cm³/mol. The second-order valence-electron chi connectivity index (χ2n) is 10.1. The fourth-order valence-electron chi connectivity index (χ4n) is 2.76. The first-order valence-electron chi connectivity index (χ1n) is 10.7. The van der Waals surface area contributed by atoms with Gasteiger partial charge in [0.1, 0.15) is 0 Å². The molecule has 45 heavy (non-hydrogen) atoms. The molecule has 0 atom stereocenters. The van der Waals surface area contributed by atoms with E-state index in [1.54, 1.807) is 0 Å². The lowest BCUT2D eigenvalue weighted by Crippen LogP contribution is -2.78. The molecular weight excluding hydrogens is 719 g/mol. The lowest BCUT2D eigenvalue weighted by atomic mass is 9.84. The molecule has 0 radical (unpaired) electrons. The first-order valence-corrected chi connectivity index (χ1v) is 10.7. The Morgan fingerprint density at radius 3 is 0.800 bits per heavy atom. The molecule has 2 nitrogen and oxygen atoms in total. The molecule has 0 aromatic carbocycles. The largest absolute Gasteiger partial charge is 0.460 e. The molecule has 0 aromatic rings. The Morgan fingerprint density at radius 2 is 0.578 bits per heavy atom. The molecule has 0 saturated heterocycles. The van der Waals surface area contributed by atoms with Crippen LogP contribution in [-0.4, -0.2) is 117 Å². The summed E-state index contributed by atoms with van der Waals surface area (Å²) in [5.74, 6) is -98.0. The fourth-order valence-corrected chi connectivity index (χ4v) is 2.76. The topological polar surface area (TPSA) is 12.0 Å². The van der Waals surface area contributed by atoms with Gasteiger partial charge in [-0.05, 0) is 0 Å². The van der Waals surface area contributed by atoms with Crippen molar-refractivity contribution in [3.05, 3.63) is 0 Å². The van der Waals surface area contributed by atoms with Crippen LogP contribution in [0.25, 0.3) is 0 Å². The normalized spacial score (nSPS) is 16.8. The van der Waals surface area contributed by atoms with Crippen LogP contribution in [0.15, 0.2) is 0 Å². The number of hydrogen-bond donors (Lipinski definition) is 1. The van der Waals surface area contributed by atoms with E-state index >= 15 is 0 Å². The zero-order valence-electron chi connectivity index (χ0n) is 21.5. The van der Waals surface area contributed by atoms with Crippen LogP contribution >= 0.6 is 0 Å². The van der Waals surface area contributed by atoms with Gasteiger partial charge >= 0.3 is 71.3 Å². The van der Waals surface area contributed by atoms with Crippen molar-refractivity contribution in [1.82, 2.24) is 5.32 Å². The van der Waals surface area contributed by atoms with Crippen molar-refractivity contribution in [2.75, 3.05) is 40.8 Å². The molecule has 0 aliphatic heterocycles. The summed E-state index contributed by atoms with van der Waals surface area (Å²) in [6.07, 6.45) is -8.16. The molecule has 0 aliphatic rings. The molecule has 0 spiro atoms. The molecular formula is C18H16F25N2+. The second kappa shape index (κ2) is 11.1. The standard InChI is InChI=1S/C18H16F25N2/c1-45(2,3)5-4-44-6-7(19,20)8(21,22)9(23,24)10(25,26)11(27,28)12(29,30)13(31,32)14(33,34)15(35,36)16(37,38)17(39,40)18(41,42)43/h44H,4-6H2,1-3H3/q+1. The maximum atomic E-state index is 13.8. The smallest absolute Gasteiger partial charge is 0.330 e. The van der Waals surface area contributed by atoms with Crippen LogP contribution in [0.1, 0.15) is 0 Å². The third-order valence-corrected chi connectivity index (χ3v) is 5.67. The van der Waals surface area contributed by atoms with E-state index in [-0.39, 0.29) is 11.0 Å². The van der Waals surface area contributed by atoms with Gasteiger partial charge in [-0.25, -0.2) is 0 Å². The van der Waals surface area contributed by atoms with Crippen molar-refractivity contribution < 1.29 is 114 Å². The molecule has 27 heteroatoms. The van der Waals surface area contributed by atoms with Crippen molar-refractivity contribution in [2.24, 2.45) is 0 Å². The van der Waals surface area contributed by atoms with Gasteiger partial charge in [0.15, 0.2) is 0 Å². The Morgan fingerprint density at radius 1 is 0.356 bits per heavy atom. The number of hydrogen-bond acceptors (Lipinski definition) is 1. The summed E-state index contributed by atoms with van der Waals surface area (Å²) in [4.78, 5) is 0. The van der Waals surface area contributed by atoms with Crippen molar-refractivity contribution in [2.45, 2.75) is 71.3 Å². The summed E-state index contributed by atoms with van der Waals surface area (Å²) in [6, 6.07) is 0. The van der Waals surface area contributed by atoms with Gasteiger partial charge in [-0.1, -0.05) is 0 Å². The second-order valence-corrected chi connectivity index (χ2v) is 10.1. The molecule has 0 aliphatic carbocycles. The van der Waals surface area contributed by atoms with Crippen molar-refractivity contribution in [3.63, 3.8) is 0 Å². The summed E-state index contributed by atoms with van der Waals surface area (Å²) in [5.41, 5.74) is 0. The first kappa shape index (κ1) is 43.2. The Labute approximate surface area is 233 Å². The number of quaternary nitrogens is 1. The van der Waals surface area contributed by atoms with Gasteiger partial charge in [0.25, 0.3) is 0 Å². The molecule has 0 rings (SSSR count). The zero-order valence-corrected chi connectivity index (χ0v) is 21.5. The zero-order chi connectivity index (χ0) is 37.3. The lowest BCUT2D eigenvalue weighted by Gasteiger charge is -2.45. The Kier molecular flexibility index (Phi) is 10.7. The minimum atomic E-state index is -9.58. The van der Waals surface area contributed by atoms with E-state index < -0.39 is 84.4 Å². The minimum absolute atomic E-state index is 0.220. The van der Waals surface area contributed by atoms with Gasteiger partial charge in [-0.15, -0.1) is 0 Å². The Bertz CT molecular complexity index is 1030. The predicted octanol–water partition coefficient (Wildman–Crippen LogP) is 7.83. The minimum Gasteiger partial charge on any atom is -0.330 e. The molecule has 0 unspecified atom stereocenters. The SMILES string of the molecule is C[N+](C)(C)CCNCC(F)(F)C(F)(F)C(F)(F)C(F)(F)C(F)(F)C(F)(F)C(F)(F)C(F)(F)C(F)(F)C(F)(F)C(F)(F)C(F)(F)F. The van der Waals surface area contributed by atoms with Crippen LogP contribution in [0.5, 0.6) is 0 Å². The number of rotatable bonds is 15. The van der Waals surface area contributed by atoms with E-state index in [0.29, 0.717) is 0 Å². The molecule has 0 heterocycles. The quantitative estimate of drug-likeness (QED) is 0.103. The van der Waals surface area contributed by atoms with E-state index in [9.17, 15) is 110 Å². The highest BCUT2D eigenvalue weighted by molar-refractivity contribution is 5.19. The van der Waals surface area contributed by atoms with Crippen molar-refractivity contribution in [1.29, 1.82) is 0 Å². The van der Waals surface area contributed by atoms with Gasteiger partial charge < -0.3 is 9.80 Å². The van der Waals surface area contributed by atoms with Gasteiger partial charge in [0.05, 0.1) is 34.2 Å². The van der Waals surface area contributed by atoms with Gasteiger partial charge in [0.2, 0.25) is 0 Å². The molecule has 272 valence electrons. The van der Waals surface area contributed by atoms with Crippen LogP contribution in [0.2, 0.25) is 0 Å². The Hall–Kier alpha value is -1.83. The molecule has 1 N–H and O–H groups in total. The molecule has 0 fully saturated rings. The van der Waals surface area contributed by atoms with E-state index in [2.05, 4.69) is 0 Å². The summed E-state index contributed by atoms with van der Waals surface area (Å²) in [6.45, 7) is -4.20. The van der Waals surface area contributed by atoms with Gasteiger partial charge in [-0.3, -0.25) is 0 Å². The summed E-state index contributed by atoms with van der Waals surface area (Å²) < 4.78 is 335. The maximum Gasteiger partial charge on any atom is 0.460 e. The molecule has 0 amide bonds. The Balaban J connectivity index is 7.04.